The monoisotopic (exact) mass is 328 g/mol. The first-order valence-corrected chi connectivity index (χ1v) is 7.24. The number of aromatic nitrogens is 2. The number of benzene rings is 2. The summed E-state index contributed by atoms with van der Waals surface area (Å²) in [5.74, 6) is 0.384. The van der Waals surface area contributed by atoms with Crippen molar-refractivity contribution in [3.63, 3.8) is 0 Å². The van der Waals surface area contributed by atoms with E-state index in [0.29, 0.717) is 27.4 Å². The van der Waals surface area contributed by atoms with Gasteiger partial charge in [-0.1, -0.05) is 29.8 Å². The Hall–Kier alpha value is -2.86. The topological polar surface area (TPSA) is 76.0 Å². The molecular weight excluding hydrogens is 316 g/mol. The summed E-state index contributed by atoms with van der Waals surface area (Å²) in [5.41, 5.74) is 3.26. The number of amides is 2. The molecule has 0 saturated heterocycles. The first kappa shape index (κ1) is 15.1. The molecular formula is C16H13ClN4O2. The number of aryl methyl sites for hydroxylation is 1. The first-order valence-electron chi connectivity index (χ1n) is 6.86. The van der Waals surface area contributed by atoms with Gasteiger partial charge in [0, 0.05) is 10.7 Å². The van der Waals surface area contributed by atoms with Gasteiger partial charge in [-0.05, 0) is 37.3 Å². The highest BCUT2D eigenvalue weighted by molar-refractivity contribution is 6.30. The molecule has 3 rings (SSSR count). The van der Waals surface area contributed by atoms with E-state index in [1.54, 1.807) is 55.5 Å². The minimum atomic E-state index is -0.561. The number of para-hydroxylation sites is 1. The summed E-state index contributed by atoms with van der Waals surface area (Å²) in [7, 11) is 0. The minimum Gasteiger partial charge on any atom is -0.307 e. The Morgan fingerprint density at radius 1 is 1.17 bits per heavy atom. The second-order valence-electron chi connectivity index (χ2n) is 4.89. The second kappa shape index (κ2) is 6.10. The maximum Gasteiger partial charge on any atom is 0.338 e. The van der Waals surface area contributed by atoms with E-state index in [2.05, 4.69) is 15.7 Å². The van der Waals surface area contributed by atoms with Crippen molar-refractivity contribution in [1.82, 2.24) is 9.66 Å². The van der Waals surface area contributed by atoms with Crippen LogP contribution in [-0.4, -0.2) is 15.7 Å². The van der Waals surface area contributed by atoms with Crippen molar-refractivity contribution in [1.29, 1.82) is 0 Å². The highest BCUT2D eigenvalue weighted by Gasteiger charge is 2.10. The van der Waals surface area contributed by atoms with Crippen LogP contribution in [0.2, 0.25) is 5.02 Å². The van der Waals surface area contributed by atoms with Crippen molar-refractivity contribution < 1.29 is 4.79 Å². The van der Waals surface area contributed by atoms with Crippen LogP contribution in [0.1, 0.15) is 5.82 Å². The molecule has 1 aromatic heterocycles. The van der Waals surface area contributed by atoms with E-state index in [0.717, 1.165) is 4.68 Å². The third-order valence-corrected chi connectivity index (χ3v) is 3.47. The number of nitrogens with one attached hydrogen (secondary N) is 2. The molecule has 0 radical (unpaired) electrons. The molecule has 0 spiro atoms. The van der Waals surface area contributed by atoms with Gasteiger partial charge >= 0.3 is 6.03 Å². The Morgan fingerprint density at radius 2 is 1.96 bits per heavy atom. The lowest BCUT2D eigenvalue weighted by Crippen LogP contribution is -2.37. The maximum absolute atomic E-state index is 12.5. The highest BCUT2D eigenvalue weighted by atomic mass is 35.5. The molecule has 6 nitrogen and oxygen atoms in total. The molecule has 0 aliphatic rings. The molecule has 0 fully saturated rings. The lowest BCUT2D eigenvalue weighted by molar-refractivity contribution is 0.259. The van der Waals surface area contributed by atoms with E-state index in [1.165, 1.54) is 0 Å². The van der Waals surface area contributed by atoms with Crippen LogP contribution in [-0.2, 0) is 0 Å². The van der Waals surface area contributed by atoms with Crippen LogP contribution >= 0.6 is 11.6 Å². The van der Waals surface area contributed by atoms with Crippen molar-refractivity contribution in [2.75, 3.05) is 10.7 Å². The number of halogens is 1. The summed E-state index contributed by atoms with van der Waals surface area (Å²) in [6.45, 7) is 1.65. The third kappa shape index (κ3) is 3.17. The van der Waals surface area contributed by atoms with Gasteiger partial charge in [0.05, 0.1) is 10.9 Å². The third-order valence-electron chi connectivity index (χ3n) is 3.24. The largest absolute Gasteiger partial charge is 0.338 e. The van der Waals surface area contributed by atoms with Crippen molar-refractivity contribution >= 4 is 34.2 Å². The van der Waals surface area contributed by atoms with E-state index in [9.17, 15) is 9.59 Å². The van der Waals surface area contributed by atoms with Crippen LogP contribution in [0.25, 0.3) is 10.9 Å². The van der Waals surface area contributed by atoms with Gasteiger partial charge < -0.3 is 5.32 Å². The van der Waals surface area contributed by atoms with Gasteiger partial charge in [-0.2, -0.15) is 0 Å². The first-order chi connectivity index (χ1) is 11.0. The molecule has 0 aliphatic heterocycles. The van der Waals surface area contributed by atoms with Crippen LogP contribution in [0.3, 0.4) is 0 Å². The van der Waals surface area contributed by atoms with E-state index in [1.807, 2.05) is 0 Å². The lowest BCUT2D eigenvalue weighted by Gasteiger charge is -2.13. The van der Waals surface area contributed by atoms with E-state index < -0.39 is 6.03 Å². The normalized spacial score (nSPS) is 10.5. The Balaban J connectivity index is 1.89. The number of carbonyl (C=O) groups is 1. The Bertz CT molecular complexity index is 952. The van der Waals surface area contributed by atoms with Crippen LogP contribution in [0.5, 0.6) is 0 Å². The number of rotatable bonds is 2. The van der Waals surface area contributed by atoms with Gasteiger partial charge in [0.2, 0.25) is 0 Å². The summed E-state index contributed by atoms with van der Waals surface area (Å²) in [6.07, 6.45) is 0. The summed E-state index contributed by atoms with van der Waals surface area (Å²) in [4.78, 5) is 28.8. The fourth-order valence-electron chi connectivity index (χ4n) is 2.20. The Kier molecular flexibility index (Phi) is 3.99. The number of nitrogens with zero attached hydrogens (tertiary/aromatic N) is 2. The number of hydrogen-bond acceptors (Lipinski definition) is 3. The molecule has 23 heavy (non-hydrogen) atoms. The van der Waals surface area contributed by atoms with E-state index in [4.69, 9.17) is 11.6 Å². The molecule has 116 valence electrons. The number of carbonyl (C=O) groups excluding carboxylic acids is 1. The molecule has 0 aliphatic carbocycles. The quantitative estimate of drug-likeness (QED) is 0.758. The molecule has 0 unspecified atom stereocenters. The van der Waals surface area contributed by atoms with Gasteiger partial charge in [-0.3, -0.25) is 4.79 Å². The number of fused-ring (bicyclic) bond motifs is 1. The lowest BCUT2D eigenvalue weighted by atomic mass is 10.2. The SMILES string of the molecule is Cc1nc2ccccc2c(=O)n1NC(=O)Nc1cccc(Cl)c1. The van der Waals surface area contributed by atoms with Crippen molar-refractivity contribution in [2.24, 2.45) is 0 Å². The van der Waals surface area contributed by atoms with Crippen LogP contribution in [0, 0.1) is 6.92 Å². The zero-order valence-corrected chi connectivity index (χ0v) is 13.0. The molecule has 2 N–H and O–H groups in total. The average Bonchev–Trinajstić information content (AvgIpc) is 2.51. The fraction of sp³-hybridized carbons (Fsp3) is 0.0625. The Labute approximate surface area is 136 Å². The molecule has 0 saturated carbocycles. The Morgan fingerprint density at radius 3 is 2.74 bits per heavy atom. The van der Waals surface area contributed by atoms with Gasteiger partial charge in [0.25, 0.3) is 5.56 Å². The zero-order valence-electron chi connectivity index (χ0n) is 12.2. The summed E-state index contributed by atoms with van der Waals surface area (Å²) >= 11 is 5.87. The average molecular weight is 329 g/mol. The number of hydrogen-bond donors (Lipinski definition) is 2. The van der Waals surface area contributed by atoms with Crippen molar-refractivity contribution in [3.8, 4) is 0 Å². The van der Waals surface area contributed by atoms with Crippen LogP contribution < -0.4 is 16.3 Å². The molecule has 0 atom stereocenters. The highest BCUT2D eigenvalue weighted by Crippen LogP contribution is 2.14. The van der Waals surface area contributed by atoms with Gasteiger partial charge in [0.15, 0.2) is 0 Å². The van der Waals surface area contributed by atoms with Crippen LogP contribution in [0.15, 0.2) is 53.3 Å². The maximum atomic E-state index is 12.5. The zero-order chi connectivity index (χ0) is 16.4. The molecule has 2 amide bonds. The number of anilines is 1. The van der Waals surface area contributed by atoms with Crippen molar-refractivity contribution in [2.45, 2.75) is 6.92 Å². The van der Waals surface area contributed by atoms with Crippen molar-refractivity contribution in [3.05, 3.63) is 69.7 Å². The summed E-state index contributed by atoms with van der Waals surface area (Å²) in [6, 6.07) is 13.1. The van der Waals surface area contributed by atoms with Gasteiger partial charge in [-0.15, -0.1) is 0 Å². The van der Waals surface area contributed by atoms with Crippen LogP contribution in [0.4, 0.5) is 10.5 Å². The van der Waals surface area contributed by atoms with Gasteiger partial charge in [-0.25, -0.2) is 19.9 Å². The molecule has 3 aromatic rings. The molecule has 0 bridgehead atoms. The molecule has 2 aromatic carbocycles. The minimum absolute atomic E-state index is 0.339. The number of urea groups is 1. The fourth-order valence-corrected chi connectivity index (χ4v) is 2.39. The molecule has 7 heteroatoms. The standard InChI is InChI=1S/C16H13ClN4O2/c1-10-18-14-8-3-2-7-13(14)15(22)21(10)20-16(23)19-12-6-4-5-11(17)9-12/h2-9H,1H3,(H2,19,20,23). The van der Waals surface area contributed by atoms with Gasteiger partial charge in [0.1, 0.15) is 5.82 Å². The van der Waals surface area contributed by atoms with E-state index in [-0.39, 0.29) is 5.56 Å². The molecule has 1 heterocycles. The smallest absolute Gasteiger partial charge is 0.307 e. The predicted molar refractivity (Wildman–Crippen MR) is 90.6 cm³/mol. The predicted octanol–water partition coefficient (Wildman–Crippen LogP) is 3.13. The summed E-state index contributed by atoms with van der Waals surface area (Å²) in [5, 5.41) is 3.55. The second-order valence-corrected chi connectivity index (χ2v) is 5.33. The van der Waals surface area contributed by atoms with E-state index >= 15 is 0 Å². The summed E-state index contributed by atoms with van der Waals surface area (Å²) < 4.78 is 1.11.